The molecule has 2 rings (SSSR count). The fourth-order valence-corrected chi connectivity index (χ4v) is 3.95. The summed E-state index contributed by atoms with van der Waals surface area (Å²) in [7, 11) is 0. The standard InChI is InChI=1S/C17H33NO/c1-3-15-8-4-5-10-17(15)19-12-11-18-16-9-6-7-14(2)13-16/h14-18H,3-13H2,1-2H3. The van der Waals surface area contributed by atoms with Crippen LogP contribution < -0.4 is 5.32 Å². The van der Waals surface area contributed by atoms with Gasteiger partial charge in [-0.15, -0.1) is 0 Å². The van der Waals surface area contributed by atoms with Crippen LogP contribution in [-0.4, -0.2) is 25.3 Å². The fraction of sp³-hybridized carbons (Fsp3) is 1.00. The SMILES string of the molecule is CCC1CCCCC1OCCNC1CCCC(C)C1. The summed E-state index contributed by atoms with van der Waals surface area (Å²) in [5, 5.41) is 3.70. The molecular weight excluding hydrogens is 234 g/mol. The molecule has 2 nitrogen and oxygen atoms in total. The molecule has 112 valence electrons. The van der Waals surface area contributed by atoms with Crippen LogP contribution in [0.2, 0.25) is 0 Å². The van der Waals surface area contributed by atoms with Gasteiger partial charge in [0.05, 0.1) is 12.7 Å². The largest absolute Gasteiger partial charge is 0.377 e. The van der Waals surface area contributed by atoms with Crippen LogP contribution in [0.3, 0.4) is 0 Å². The quantitative estimate of drug-likeness (QED) is 0.730. The number of hydrogen-bond donors (Lipinski definition) is 1. The van der Waals surface area contributed by atoms with E-state index in [1.54, 1.807) is 0 Å². The predicted octanol–water partition coefficient (Wildman–Crippen LogP) is 4.14. The minimum atomic E-state index is 0.547. The first-order valence-corrected chi connectivity index (χ1v) is 8.64. The first kappa shape index (κ1) is 15.3. The van der Waals surface area contributed by atoms with Gasteiger partial charge in [-0.25, -0.2) is 0 Å². The van der Waals surface area contributed by atoms with Gasteiger partial charge in [0.1, 0.15) is 0 Å². The molecule has 4 atom stereocenters. The van der Waals surface area contributed by atoms with Crippen molar-refractivity contribution in [1.29, 1.82) is 0 Å². The van der Waals surface area contributed by atoms with Gasteiger partial charge in [-0.05, 0) is 37.5 Å². The summed E-state index contributed by atoms with van der Waals surface area (Å²) in [6.45, 7) is 6.66. The third kappa shape index (κ3) is 5.07. The van der Waals surface area contributed by atoms with E-state index >= 15 is 0 Å². The van der Waals surface area contributed by atoms with Crippen molar-refractivity contribution in [3.05, 3.63) is 0 Å². The van der Waals surface area contributed by atoms with Gasteiger partial charge in [-0.3, -0.25) is 0 Å². The molecule has 19 heavy (non-hydrogen) atoms. The topological polar surface area (TPSA) is 21.3 Å². The number of hydrogen-bond acceptors (Lipinski definition) is 2. The molecule has 4 unspecified atom stereocenters. The van der Waals surface area contributed by atoms with Crippen LogP contribution >= 0.6 is 0 Å². The summed E-state index contributed by atoms with van der Waals surface area (Å²) in [4.78, 5) is 0. The number of nitrogens with one attached hydrogen (secondary N) is 1. The summed E-state index contributed by atoms with van der Waals surface area (Å²) in [5.74, 6) is 1.73. The van der Waals surface area contributed by atoms with Crippen molar-refractivity contribution in [3.63, 3.8) is 0 Å². The van der Waals surface area contributed by atoms with E-state index in [9.17, 15) is 0 Å². The summed E-state index contributed by atoms with van der Waals surface area (Å²) in [6, 6.07) is 0.751. The molecule has 0 aromatic heterocycles. The Hall–Kier alpha value is -0.0800. The first-order chi connectivity index (χ1) is 9.29. The minimum Gasteiger partial charge on any atom is -0.377 e. The second kappa shape index (κ2) is 8.26. The average molecular weight is 267 g/mol. The highest BCUT2D eigenvalue weighted by Crippen LogP contribution is 2.29. The molecule has 1 N–H and O–H groups in total. The summed E-state index contributed by atoms with van der Waals surface area (Å²) >= 11 is 0. The van der Waals surface area contributed by atoms with Crippen molar-refractivity contribution in [2.24, 2.45) is 11.8 Å². The maximum absolute atomic E-state index is 6.14. The molecule has 0 aromatic carbocycles. The molecule has 0 aliphatic heterocycles. The molecule has 2 saturated carbocycles. The lowest BCUT2D eigenvalue weighted by Gasteiger charge is -2.31. The molecule has 2 heteroatoms. The van der Waals surface area contributed by atoms with Crippen molar-refractivity contribution < 1.29 is 4.74 Å². The smallest absolute Gasteiger partial charge is 0.0603 e. The van der Waals surface area contributed by atoms with Crippen LogP contribution in [0.1, 0.15) is 71.6 Å². The number of rotatable bonds is 6. The summed E-state index contributed by atoms with van der Waals surface area (Å²) in [5.41, 5.74) is 0. The van der Waals surface area contributed by atoms with Gasteiger partial charge in [0.2, 0.25) is 0 Å². The van der Waals surface area contributed by atoms with Crippen LogP contribution in [0, 0.1) is 11.8 Å². The zero-order valence-corrected chi connectivity index (χ0v) is 13.0. The third-order valence-corrected chi connectivity index (χ3v) is 5.17. The second-order valence-electron chi connectivity index (χ2n) is 6.78. The molecule has 2 aliphatic rings. The molecule has 0 spiro atoms. The lowest BCUT2D eigenvalue weighted by Crippen LogP contribution is -2.37. The van der Waals surface area contributed by atoms with Crippen molar-refractivity contribution >= 4 is 0 Å². The van der Waals surface area contributed by atoms with Crippen molar-refractivity contribution in [1.82, 2.24) is 5.32 Å². The molecule has 2 aliphatic carbocycles. The lowest BCUT2D eigenvalue weighted by atomic mass is 9.85. The van der Waals surface area contributed by atoms with Gasteiger partial charge >= 0.3 is 0 Å². The average Bonchev–Trinajstić information content (AvgIpc) is 2.44. The first-order valence-electron chi connectivity index (χ1n) is 8.64. The predicted molar refractivity (Wildman–Crippen MR) is 81.4 cm³/mol. The van der Waals surface area contributed by atoms with E-state index in [4.69, 9.17) is 4.74 Å². The van der Waals surface area contributed by atoms with Crippen LogP contribution in [0.25, 0.3) is 0 Å². The summed E-state index contributed by atoms with van der Waals surface area (Å²) in [6.07, 6.45) is 12.9. The van der Waals surface area contributed by atoms with Crippen LogP contribution in [-0.2, 0) is 4.74 Å². The zero-order valence-electron chi connectivity index (χ0n) is 13.0. The molecule has 0 aromatic rings. The number of ether oxygens (including phenoxy) is 1. The second-order valence-corrected chi connectivity index (χ2v) is 6.78. The van der Waals surface area contributed by atoms with Gasteiger partial charge in [0, 0.05) is 12.6 Å². The van der Waals surface area contributed by atoms with E-state index in [1.165, 1.54) is 57.8 Å². The van der Waals surface area contributed by atoms with Gasteiger partial charge in [-0.1, -0.05) is 46.0 Å². The van der Waals surface area contributed by atoms with Crippen LogP contribution in [0.15, 0.2) is 0 Å². The Labute approximate surface area is 119 Å². The fourth-order valence-electron chi connectivity index (χ4n) is 3.95. The minimum absolute atomic E-state index is 0.547. The van der Waals surface area contributed by atoms with E-state index in [1.807, 2.05) is 0 Å². The maximum Gasteiger partial charge on any atom is 0.0603 e. The van der Waals surface area contributed by atoms with Gasteiger partial charge in [-0.2, -0.15) is 0 Å². The Morgan fingerprint density at radius 3 is 2.68 bits per heavy atom. The van der Waals surface area contributed by atoms with Gasteiger partial charge in [0.25, 0.3) is 0 Å². The van der Waals surface area contributed by atoms with Crippen LogP contribution in [0.4, 0.5) is 0 Å². The highest BCUT2D eigenvalue weighted by Gasteiger charge is 2.24. The third-order valence-electron chi connectivity index (χ3n) is 5.17. The monoisotopic (exact) mass is 267 g/mol. The molecule has 2 fully saturated rings. The maximum atomic E-state index is 6.14. The van der Waals surface area contributed by atoms with Crippen LogP contribution in [0.5, 0.6) is 0 Å². The molecule has 0 saturated heterocycles. The van der Waals surface area contributed by atoms with Crippen molar-refractivity contribution in [2.75, 3.05) is 13.2 Å². The van der Waals surface area contributed by atoms with E-state index in [0.29, 0.717) is 6.10 Å². The molecule has 0 radical (unpaired) electrons. The Kier molecular flexibility index (Phi) is 6.66. The van der Waals surface area contributed by atoms with Crippen molar-refractivity contribution in [3.8, 4) is 0 Å². The molecular formula is C17H33NO. The highest BCUT2D eigenvalue weighted by atomic mass is 16.5. The van der Waals surface area contributed by atoms with E-state index < -0.39 is 0 Å². The van der Waals surface area contributed by atoms with E-state index in [0.717, 1.165) is 31.0 Å². The molecule has 0 amide bonds. The van der Waals surface area contributed by atoms with Crippen molar-refractivity contribution in [2.45, 2.75) is 83.8 Å². The zero-order chi connectivity index (χ0) is 13.5. The normalized spacial score (nSPS) is 36.3. The highest BCUT2D eigenvalue weighted by molar-refractivity contribution is 4.77. The lowest BCUT2D eigenvalue weighted by molar-refractivity contribution is -0.0113. The van der Waals surface area contributed by atoms with Gasteiger partial charge < -0.3 is 10.1 Å². The Balaban J connectivity index is 1.58. The Morgan fingerprint density at radius 2 is 1.89 bits per heavy atom. The molecule has 0 bridgehead atoms. The molecule has 0 heterocycles. The van der Waals surface area contributed by atoms with Gasteiger partial charge in [0.15, 0.2) is 0 Å². The van der Waals surface area contributed by atoms with E-state index in [-0.39, 0.29) is 0 Å². The Morgan fingerprint density at radius 1 is 1.05 bits per heavy atom. The summed E-state index contributed by atoms with van der Waals surface area (Å²) < 4.78 is 6.14. The Bertz CT molecular complexity index is 243. The van der Waals surface area contributed by atoms with E-state index in [2.05, 4.69) is 19.2 Å².